The largest absolute Gasteiger partial charge is 0.368 e. The van der Waals surface area contributed by atoms with Gasteiger partial charge in [-0.05, 0) is 31.7 Å². The van der Waals surface area contributed by atoms with Gasteiger partial charge in [0.1, 0.15) is 17.5 Å². The molecule has 0 saturated carbocycles. The molecule has 1 aliphatic heterocycles. The van der Waals surface area contributed by atoms with Crippen LogP contribution in [0.2, 0.25) is 0 Å². The molecule has 2 aromatic rings. The lowest BCUT2D eigenvalue weighted by molar-refractivity contribution is 0.616. The standard InChI is InChI=1S/C15H19FN6/c1-18-12-5-6-22(9-12)14-8-13(20-15(17)21-14)19-11-4-2-3-10(16)7-11/h2-4,7-8,12,18H,5-6,9H2,1H3,(H3,17,19,20,21)/t12-/m1/s1. The molecule has 1 aromatic heterocycles. The predicted octanol–water partition coefficient (Wildman–Crippen LogP) is 1.74. The summed E-state index contributed by atoms with van der Waals surface area (Å²) in [6, 6.07) is 8.50. The van der Waals surface area contributed by atoms with Crippen molar-refractivity contribution in [3.05, 3.63) is 36.1 Å². The molecule has 0 bridgehead atoms. The van der Waals surface area contributed by atoms with E-state index in [1.807, 2.05) is 13.1 Å². The quantitative estimate of drug-likeness (QED) is 0.798. The molecule has 1 saturated heterocycles. The maximum atomic E-state index is 13.2. The number of hydrogen-bond donors (Lipinski definition) is 3. The van der Waals surface area contributed by atoms with Crippen LogP contribution in [0.25, 0.3) is 0 Å². The van der Waals surface area contributed by atoms with Crippen LogP contribution in [0.1, 0.15) is 6.42 Å². The van der Waals surface area contributed by atoms with E-state index < -0.39 is 0 Å². The maximum Gasteiger partial charge on any atom is 0.223 e. The molecular formula is C15H19FN6. The van der Waals surface area contributed by atoms with Crippen molar-refractivity contribution in [2.24, 2.45) is 0 Å². The Morgan fingerprint density at radius 3 is 2.91 bits per heavy atom. The van der Waals surface area contributed by atoms with E-state index in [4.69, 9.17) is 5.73 Å². The molecule has 0 unspecified atom stereocenters. The van der Waals surface area contributed by atoms with Crippen molar-refractivity contribution in [3.63, 3.8) is 0 Å². The molecule has 0 radical (unpaired) electrons. The average Bonchev–Trinajstić information content (AvgIpc) is 2.95. The summed E-state index contributed by atoms with van der Waals surface area (Å²) in [7, 11) is 1.96. The van der Waals surface area contributed by atoms with Crippen LogP contribution in [0.15, 0.2) is 30.3 Å². The van der Waals surface area contributed by atoms with Gasteiger partial charge in [-0.25, -0.2) is 4.39 Å². The SMILES string of the molecule is CN[C@@H]1CCN(c2cc(Nc3cccc(F)c3)nc(N)n2)C1. The monoisotopic (exact) mass is 302 g/mol. The van der Waals surface area contributed by atoms with Gasteiger partial charge in [0.05, 0.1) is 0 Å². The maximum absolute atomic E-state index is 13.2. The molecular weight excluding hydrogens is 283 g/mol. The molecule has 4 N–H and O–H groups in total. The molecule has 6 nitrogen and oxygen atoms in total. The fourth-order valence-electron chi connectivity index (χ4n) is 2.60. The minimum absolute atomic E-state index is 0.198. The highest BCUT2D eigenvalue weighted by molar-refractivity contribution is 5.61. The van der Waals surface area contributed by atoms with Crippen molar-refractivity contribution in [1.82, 2.24) is 15.3 Å². The fraction of sp³-hybridized carbons (Fsp3) is 0.333. The van der Waals surface area contributed by atoms with Gasteiger partial charge in [-0.2, -0.15) is 9.97 Å². The summed E-state index contributed by atoms with van der Waals surface area (Å²) in [5.74, 6) is 1.23. The van der Waals surface area contributed by atoms with Gasteiger partial charge in [-0.3, -0.25) is 0 Å². The first-order valence-electron chi connectivity index (χ1n) is 7.23. The second-order valence-electron chi connectivity index (χ2n) is 5.33. The molecule has 0 aliphatic carbocycles. The third-order valence-electron chi connectivity index (χ3n) is 3.75. The molecule has 3 rings (SSSR count). The lowest BCUT2D eigenvalue weighted by Crippen LogP contribution is -2.30. The number of likely N-dealkylation sites (N-methyl/N-ethyl adjacent to an activating group) is 1. The molecule has 0 spiro atoms. The number of nitrogens with one attached hydrogen (secondary N) is 2. The summed E-state index contributed by atoms with van der Waals surface area (Å²) in [4.78, 5) is 10.6. The van der Waals surface area contributed by atoms with Crippen LogP contribution in [0.5, 0.6) is 0 Å². The number of hydrogen-bond acceptors (Lipinski definition) is 6. The zero-order valence-corrected chi connectivity index (χ0v) is 12.4. The second-order valence-corrected chi connectivity index (χ2v) is 5.33. The Morgan fingerprint density at radius 1 is 1.32 bits per heavy atom. The normalized spacial score (nSPS) is 17.7. The number of halogens is 1. The molecule has 116 valence electrons. The van der Waals surface area contributed by atoms with Crippen molar-refractivity contribution >= 4 is 23.3 Å². The highest BCUT2D eigenvalue weighted by atomic mass is 19.1. The van der Waals surface area contributed by atoms with E-state index >= 15 is 0 Å². The number of nitrogens with two attached hydrogens (primary N) is 1. The van der Waals surface area contributed by atoms with Crippen molar-refractivity contribution < 1.29 is 4.39 Å². The van der Waals surface area contributed by atoms with Gasteiger partial charge < -0.3 is 21.3 Å². The minimum Gasteiger partial charge on any atom is -0.368 e. The molecule has 1 aromatic carbocycles. The van der Waals surface area contributed by atoms with E-state index in [0.717, 1.165) is 25.3 Å². The van der Waals surface area contributed by atoms with E-state index in [1.54, 1.807) is 12.1 Å². The van der Waals surface area contributed by atoms with E-state index in [1.165, 1.54) is 12.1 Å². The zero-order valence-electron chi connectivity index (χ0n) is 12.4. The van der Waals surface area contributed by atoms with Crippen molar-refractivity contribution in [2.75, 3.05) is 36.1 Å². The van der Waals surface area contributed by atoms with Crippen LogP contribution in [-0.4, -0.2) is 36.1 Å². The Balaban J connectivity index is 1.81. The number of rotatable bonds is 4. The topological polar surface area (TPSA) is 79.1 Å². The summed E-state index contributed by atoms with van der Waals surface area (Å²) in [6.45, 7) is 1.80. The van der Waals surface area contributed by atoms with Gasteiger partial charge in [-0.1, -0.05) is 6.07 Å². The van der Waals surface area contributed by atoms with E-state index in [2.05, 4.69) is 25.5 Å². The minimum atomic E-state index is -0.302. The molecule has 1 aliphatic rings. The average molecular weight is 302 g/mol. The van der Waals surface area contributed by atoms with E-state index in [-0.39, 0.29) is 11.8 Å². The lowest BCUT2D eigenvalue weighted by atomic mass is 10.3. The van der Waals surface area contributed by atoms with Crippen LogP contribution < -0.4 is 21.3 Å². The highest BCUT2D eigenvalue weighted by Gasteiger charge is 2.22. The molecule has 1 fully saturated rings. The van der Waals surface area contributed by atoms with Crippen LogP contribution in [0, 0.1) is 5.82 Å². The smallest absolute Gasteiger partial charge is 0.223 e. The second kappa shape index (κ2) is 6.15. The third kappa shape index (κ3) is 3.25. The third-order valence-corrected chi connectivity index (χ3v) is 3.75. The Kier molecular flexibility index (Phi) is 4.06. The van der Waals surface area contributed by atoms with Gasteiger partial charge >= 0.3 is 0 Å². The van der Waals surface area contributed by atoms with E-state index in [9.17, 15) is 4.39 Å². The number of nitrogens with zero attached hydrogens (tertiary/aromatic N) is 3. The van der Waals surface area contributed by atoms with Crippen molar-refractivity contribution in [2.45, 2.75) is 12.5 Å². The van der Waals surface area contributed by atoms with E-state index in [0.29, 0.717) is 17.5 Å². The van der Waals surface area contributed by atoms with Gasteiger partial charge in [0, 0.05) is 30.9 Å². The van der Waals surface area contributed by atoms with Gasteiger partial charge in [0.15, 0.2) is 0 Å². The first kappa shape index (κ1) is 14.5. The first-order chi connectivity index (χ1) is 10.6. The summed E-state index contributed by atoms with van der Waals surface area (Å²) in [6.07, 6.45) is 1.06. The number of aromatic nitrogens is 2. The van der Waals surface area contributed by atoms with Gasteiger partial charge in [0.2, 0.25) is 5.95 Å². The van der Waals surface area contributed by atoms with Gasteiger partial charge in [-0.15, -0.1) is 0 Å². The number of nitrogen functional groups attached to an aromatic ring is 1. The first-order valence-corrected chi connectivity index (χ1v) is 7.23. The van der Waals surface area contributed by atoms with Gasteiger partial charge in [0.25, 0.3) is 0 Å². The molecule has 7 heteroatoms. The van der Waals surface area contributed by atoms with Crippen LogP contribution >= 0.6 is 0 Å². The van der Waals surface area contributed by atoms with Crippen LogP contribution in [0.3, 0.4) is 0 Å². The summed E-state index contributed by atoms with van der Waals surface area (Å²) < 4.78 is 13.2. The Bertz CT molecular complexity index is 662. The Hall–Kier alpha value is -2.41. The molecule has 2 heterocycles. The molecule has 22 heavy (non-hydrogen) atoms. The number of benzene rings is 1. The summed E-state index contributed by atoms with van der Waals surface area (Å²) in [5, 5.41) is 6.33. The van der Waals surface area contributed by atoms with Crippen molar-refractivity contribution in [1.29, 1.82) is 0 Å². The highest BCUT2D eigenvalue weighted by Crippen LogP contribution is 2.23. The fourth-order valence-corrected chi connectivity index (χ4v) is 2.60. The molecule has 1 atom stereocenters. The summed E-state index contributed by atoms with van der Waals surface area (Å²) in [5.41, 5.74) is 6.42. The zero-order chi connectivity index (χ0) is 15.5. The lowest BCUT2D eigenvalue weighted by Gasteiger charge is -2.18. The number of anilines is 4. The van der Waals surface area contributed by atoms with Crippen LogP contribution in [-0.2, 0) is 0 Å². The Morgan fingerprint density at radius 2 is 2.18 bits per heavy atom. The van der Waals surface area contributed by atoms with Crippen molar-refractivity contribution in [3.8, 4) is 0 Å². The molecule has 0 amide bonds. The van der Waals surface area contributed by atoms with Crippen LogP contribution in [0.4, 0.5) is 27.7 Å². The Labute approximate surface area is 128 Å². The predicted molar refractivity (Wildman–Crippen MR) is 85.8 cm³/mol. The summed E-state index contributed by atoms with van der Waals surface area (Å²) >= 11 is 0.